The summed E-state index contributed by atoms with van der Waals surface area (Å²) < 4.78 is 2.40. The number of hydrogen-bond acceptors (Lipinski definition) is 4. The Balaban J connectivity index is 2.09. The number of aliphatic imine (C=N–C) groups is 1. The molecule has 0 aliphatic carbocycles. The minimum Gasteiger partial charge on any atom is -0.400 e. The molecule has 1 aromatic carbocycles. The number of fused-ring (bicyclic) bond motifs is 5. The highest BCUT2D eigenvalue weighted by Crippen LogP contribution is 2.51. The first-order chi connectivity index (χ1) is 10.2. The van der Waals surface area contributed by atoms with Crippen LogP contribution in [0.1, 0.15) is 11.1 Å². The number of rotatable bonds is 0. The Morgan fingerprint density at radius 3 is 2.95 bits per heavy atom. The molecule has 2 aliphatic heterocycles. The Hall–Kier alpha value is -1.30. The van der Waals surface area contributed by atoms with Gasteiger partial charge in [0, 0.05) is 27.9 Å². The average Bonchev–Trinajstić information content (AvgIpc) is 2.66. The Bertz CT molecular complexity index is 831. The van der Waals surface area contributed by atoms with Crippen LogP contribution in [-0.2, 0) is 0 Å². The second-order valence-electron chi connectivity index (χ2n) is 4.82. The molecule has 0 atom stereocenters. The molecule has 0 radical (unpaired) electrons. The van der Waals surface area contributed by atoms with Crippen LogP contribution in [0.25, 0.3) is 11.1 Å². The molecule has 0 saturated carbocycles. The summed E-state index contributed by atoms with van der Waals surface area (Å²) in [4.78, 5) is 5.62. The topological polar surface area (TPSA) is 38.4 Å². The van der Waals surface area contributed by atoms with Crippen LogP contribution in [0.5, 0.6) is 0 Å². The Labute approximate surface area is 139 Å². The molecule has 0 fully saturated rings. The van der Waals surface area contributed by atoms with Gasteiger partial charge in [-0.3, -0.25) is 4.99 Å². The van der Waals surface area contributed by atoms with Gasteiger partial charge in [-0.15, -0.1) is 11.3 Å². The quantitative estimate of drug-likeness (QED) is 0.718. The minimum atomic E-state index is 0.551. The maximum absolute atomic E-state index is 6.35. The van der Waals surface area contributed by atoms with Crippen LogP contribution in [0.15, 0.2) is 60.0 Å². The Morgan fingerprint density at radius 1 is 1.19 bits per heavy atom. The van der Waals surface area contributed by atoms with Gasteiger partial charge in [0.05, 0.1) is 14.5 Å². The van der Waals surface area contributed by atoms with E-state index in [1.807, 2.05) is 18.0 Å². The smallest absolute Gasteiger partial charge is 0.0790 e. The third-order valence-corrected chi connectivity index (χ3v) is 6.43. The molecule has 1 aromatic heterocycles. The van der Waals surface area contributed by atoms with Gasteiger partial charge >= 0.3 is 0 Å². The summed E-state index contributed by atoms with van der Waals surface area (Å²) >= 11 is 7.17. The van der Waals surface area contributed by atoms with E-state index in [1.54, 1.807) is 11.3 Å². The number of nitrogens with two attached hydrogens (primary N) is 1. The van der Waals surface area contributed by atoms with Crippen molar-refractivity contribution in [3.05, 3.63) is 57.0 Å². The molecule has 2 N–H and O–H groups in total. The van der Waals surface area contributed by atoms with Crippen molar-refractivity contribution in [2.75, 3.05) is 6.54 Å². The van der Waals surface area contributed by atoms with Crippen LogP contribution in [0.3, 0.4) is 0 Å². The van der Waals surface area contributed by atoms with E-state index in [0.717, 1.165) is 15.1 Å². The molecule has 5 heteroatoms. The minimum absolute atomic E-state index is 0.551. The fraction of sp³-hybridized carbons (Fsp3) is 0.0625. The molecule has 2 aliphatic rings. The van der Waals surface area contributed by atoms with Crippen molar-refractivity contribution < 1.29 is 0 Å². The molecule has 0 unspecified atom stereocenters. The predicted octanol–water partition coefficient (Wildman–Crippen LogP) is 4.81. The summed E-state index contributed by atoms with van der Waals surface area (Å²) in [5, 5.41) is 0. The fourth-order valence-electron chi connectivity index (χ4n) is 2.63. The van der Waals surface area contributed by atoms with Crippen molar-refractivity contribution in [2.45, 2.75) is 9.10 Å². The van der Waals surface area contributed by atoms with E-state index in [9.17, 15) is 0 Å². The number of allylic oxidation sites excluding steroid dienone is 3. The maximum Gasteiger partial charge on any atom is 0.0790 e. The van der Waals surface area contributed by atoms with Gasteiger partial charge in [0.2, 0.25) is 0 Å². The van der Waals surface area contributed by atoms with E-state index in [1.165, 1.54) is 25.8 Å². The standard InChI is InChI=1S/C16H11BrN2S2/c17-14-7-11-15-10(5-6-19-8-12(15)18)9-3-1-2-4-13(9)20-16(11)21-14/h1-7H,8,18H2. The lowest BCUT2D eigenvalue weighted by molar-refractivity contribution is 1.12. The molecule has 104 valence electrons. The Morgan fingerprint density at radius 2 is 2.05 bits per heavy atom. The SMILES string of the molecule is NC1=C2C(=CC=NC1)c1ccccc1Sc1sc(Br)cc12. The lowest BCUT2D eigenvalue weighted by atomic mass is 9.92. The van der Waals surface area contributed by atoms with E-state index >= 15 is 0 Å². The van der Waals surface area contributed by atoms with Crippen LogP contribution in [-0.4, -0.2) is 12.8 Å². The number of nitrogens with zero attached hydrogens (tertiary/aromatic N) is 1. The molecular formula is C16H11BrN2S2. The summed E-state index contributed by atoms with van der Waals surface area (Å²) in [7, 11) is 0. The summed E-state index contributed by atoms with van der Waals surface area (Å²) in [6.07, 6.45) is 3.94. The van der Waals surface area contributed by atoms with Crippen molar-refractivity contribution >= 4 is 56.4 Å². The van der Waals surface area contributed by atoms with Gasteiger partial charge in [0.25, 0.3) is 0 Å². The first kappa shape index (κ1) is 13.4. The fourth-order valence-corrected chi connectivity index (χ4v) is 5.90. The first-order valence-electron chi connectivity index (χ1n) is 6.50. The van der Waals surface area contributed by atoms with Crippen molar-refractivity contribution in [3.8, 4) is 0 Å². The van der Waals surface area contributed by atoms with Crippen molar-refractivity contribution in [1.29, 1.82) is 0 Å². The van der Waals surface area contributed by atoms with E-state index in [0.29, 0.717) is 6.54 Å². The second kappa shape index (κ2) is 5.16. The summed E-state index contributed by atoms with van der Waals surface area (Å²) in [6.45, 7) is 0.551. The van der Waals surface area contributed by atoms with Crippen LogP contribution in [0.2, 0.25) is 0 Å². The zero-order valence-corrected chi connectivity index (χ0v) is 14.2. The third-order valence-electron chi connectivity index (χ3n) is 3.52. The van der Waals surface area contributed by atoms with Crippen molar-refractivity contribution in [3.63, 3.8) is 0 Å². The maximum atomic E-state index is 6.35. The first-order valence-corrected chi connectivity index (χ1v) is 8.92. The monoisotopic (exact) mass is 374 g/mol. The zero-order chi connectivity index (χ0) is 14.4. The predicted molar refractivity (Wildman–Crippen MR) is 95.0 cm³/mol. The van der Waals surface area contributed by atoms with Gasteiger partial charge in [0.1, 0.15) is 0 Å². The largest absolute Gasteiger partial charge is 0.400 e. The molecule has 0 bridgehead atoms. The van der Waals surface area contributed by atoms with Crippen molar-refractivity contribution in [2.24, 2.45) is 10.7 Å². The number of thiophene rings is 1. The normalized spacial score (nSPS) is 16.5. The highest BCUT2D eigenvalue weighted by Gasteiger charge is 2.26. The lowest BCUT2D eigenvalue weighted by Gasteiger charge is -2.12. The Kier molecular flexibility index (Phi) is 3.28. The summed E-state index contributed by atoms with van der Waals surface area (Å²) in [5.74, 6) is 0. The summed E-state index contributed by atoms with van der Waals surface area (Å²) in [5.41, 5.74) is 11.9. The van der Waals surface area contributed by atoms with E-state index < -0.39 is 0 Å². The van der Waals surface area contributed by atoms with Gasteiger partial charge in [-0.2, -0.15) is 0 Å². The molecule has 2 nitrogen and oxygen atoms in total. The molecule has 0 amide bonds. The molecule has 21 heavy (non-hydrogen) atoms. The van der Waals surface area contributed by atoms with Crippen molar-refractivity contribution in [1.82, 2.24) is 0 Å². The molecule has 0 spiro atoms. The van der Waals surface area contributed by atoms with Crippen LogP contribution >= 0.6 is 39.0 Å². The van der Waals surface area contributed by atoms with Gasteiger partial charge in [-0.05, 0) is 45.3 Å². The average molecular weight is 375 g/mol. The van der Waals surface area contributed by atoms with Crippen LogP contribution < -0.4 is 5.73 Å². The van der Waals surface area contributed by atoms with Gasteiger partial charge < -0.3 is 5.73 Å². The van der Waals surface area contributed by atoms with E-state index in [4.69, 9.17) is 5.73 Å². The van der Waals surface area contributed by atoms with E-state index in [-0.39, 0.29) is 0 Å². The summed E-state index contributed by atoms with van der Waals surface area (Å²) in [6, 6.07) is 10.6. The molecule has 4 rings (SSSR count). The zero-order valence-electron chi connectivity index (χ0n) is 11.0. The van der Waals surface area contributed by atoms with Crippen LogP contribution in [0, 0.1) is 0 Å². The highest BCUT2D eigenvalue weighted by atomic mass is 79.9. The second-order valence-corrected chi connectivity index (χ2v) is 8.56. The number of halogens is 1. The number of hydrogen-bond donors (Lipinski definition) is 1. The van der Waals surface area contributed by atoms with Gasteiger partial charge in [0.15, 0.2) is 0 Å². The highest BCUT2D eigenvalue weighted by molar-refractivity contribution is 9.11. The molecular weight excluding hydrogens is 364 g/mol. The molecule has 2 aromatic rings. The molecule has 3 heterocycles. The van der Waals surface area contributed by atoms with Gasteiger partial charge in [-0.25, -0.2) is 0 Å². The van der Waals surface area contributed by atoms with Crippen LogP contribution in [0.4, 0.5) is 0 Å². The number of benzene rings is 1. The van der Waals surface area contributed by atoms with Gasteiger partial charge in [-0.1, -0.05) is 30.0 Å². The molecule has 0 saturated heterocycles. The third kappa shape index (κ3) is 2.20. The lowest BCUT2D eigenvalue weighted by Crippen LogP contribution is -2.05. The van der Waals surface area contributed by atoms with E-state index in [2.05, 4.69) is 57.3 Å².